The van der Waals surface area contributed by atoms with Gasteiger partial charge in [-0.25, -0.2) is 0 Å². The van der Waals surface area contributed by atoms with Crippen LogP contribution in [0.3, 0.4) is 0 Å². The van der Waals surface area contributed by atoms with Crippen molar-refractivity contribution in [3.63, 3.8) is 0 Å². The second-order valence-corrected chi connectivity index (χ2v) is 7.42. The minimum atomic E-state index is -0.0404. The Hall–Kier alpha value is -3.50. The number of nitrogens with one attached hydrogen (secondary N) is 2. The Balaban J connectivity index is 1.82. The summed E-state index contributed by atoms with van der Waals surface area (Å²) in [7, 11) is 1.67. The fourth-order valence-electron chi connectivity index (χ4n) is 3.46. The molecule has 3 N–H and O–H groups in total. The van der Waals surface area contributed by atoms with Crippen molar-refractivity contribution in [2.24, 2.45) is 0 Å². The lowest BCUT2D eigenvalue weighted by atomic mass is 10.0. The summed E-state index contributed by atoms with van der Waals surface area (Å²) in [5.41, 5.74) is 7.14. The van der Waals surface area contributed by atoms with E-state index in [1.807, 2.05) is 30.4 Å². The third-order valence-electron chi connectivity index (χ3n) is 5.16. The number of aliphatic hydroxyl groups is 1. The largest absolute Gasteiger partial charge is 0.496 e. The van der Waals surface area contributed by atoms with E-state index < -0.39 is 0 Å². The van der Waals surface area contributed by atoms with Crippen molar-refractivity contribution in [2.45, 2.75) is 20.5 Å². The fourth-order valence-corrected chi connectivity index (χ4v) is 3.46. The van der Waals surface area contributed by atoms with Gasteiger partial charge >= 0.3 is 0 Å². The highest BCUT2D eigenvalue weighted by Gasteiger charge is 2.07. The van der Waals surface area contributed by atoms with Gasteiger partial charge in [0.1, 0.15) is 5.75 Å². The van der Waals surface area contributed by atoms with Crippen LogP contribution in [0.4, 0.5) is 11.4 Å². The van der Waals surface area contributed by atoms with Crippen molar-refractivity contribution in [3.8, 4) is 5.75 Å². The first-order valence-corrected chi connectivity index (χ1v) is 11.0. The third kappa shape index (κ3) is 6.25. The molecule has 0 aliphatic rings. The van der Waals surface area contributed by atoms with E-state index in [1.54, 1.807) is 7.11 Å². The highest BCUT2D eigenvalue weighted by Crippen LogP contribution is 2.28. The van der Waals surface area contributed by atoms with Gasteiger partial charge in [-0.2, -0.15) is 0 Å². The van der Waals surface area contributed by atoms with Crippen LogP contribution in [0, 0.1) is 0 Å². The third-order valence-corrected chi connectivity index (χ3v) is 5.16. The van der Waals surface area contributed by atoms with Gasteiger partial charge in [0, 0.05) is 30.0 Å². The highest BCUT2D eigenvalue weighted by molar-refractivity contribution is 5.78. The average molecular weight is 429 g/mol. The molecular formula is C28H32N2O2. The molecule has 3 aromatic rings. The molecular weight excluding hydrogens is 396 g/mol. The van der Waals surface area contributed by atoms with Gasteiger partial charge in [0.05, 0.1) is 13.7 Å². The molecule has 0 spiro atoms. The molecule has 0 aliphatic carbocycles. The van der Waals surface area contributed by atoms with Crippen molar-refractivity contribution in [2.75, 3.05) is 30.8 Å². The van der Waals surface area contributed by atoms with Gasteiger partial charge < -0.3 is 20.5 Å². The summed E-state index contributed by atoms with van der Waals surface area (Å²) in [6.07, 6.45) is 8.14. The Morgan fingerprint density at radius 1 is 0.719 bits per heavy atom. The molecule has 0 unspecified atom stereocenters. The summed E-state index contributed by atoms with van der Waals surface area (Å²) in [5, 5.41) is 16.5. The van der Waals surface area contributed by atoms with Crippen LogP contribution < -0.4 is 15.4 Å². The van der Waals surface area contributed by atoms with Crippen molar-refractivity contribution in [1.29, 1.82) is 0 Å². The number of hydrogen-bond donors (Lipinski definition) is 3. The van der Waals surface area contributed by atoms with E-state index in [0.29, 0.717) is 0 Å². The van der Waals surface area contributed by atoms with Crippen molar-refractivity contribution in [1.82, 2.24) is 0 Å². The zero-order valence-corrected chi connectivity index (χ0v) is 19.1. The Kier molecular flexibility index (Phi) is 8.52. The van der Waals surface area contributed by atoms with E-state index in [-0.39, 0.29) is 6.61 Å². The topological polar surface area (TPSA) is 53.5 Å². The van der Waals surface area contributed by atoms with Crippen LogP contribution in [0.5, 0.6) is 5.75 Å². The van der Waals surface area contributed by atoms with Crippen LogP contribution in [-0.2, 0) is 6.61 Å². The Labute approximate surface area is 191 Å². The first kappa shape index (κ1) is 23.2. The fraction of sp³-hybridized carbons (Fsp3) is 0.214. The molecule has 0 amide bonds. The van der Waals surface area contributed by atoms with Crippen LogP contribution in [0.1, 0.15) is 41.7 Å². The van der Waals surface area contributed by atoms with Crippen molar-refractivity contribution >= 4 is 35.7 Å². The van der Waals surface area contributed by atoms with Gasteiger partial charge in [0.2, 0.25) is 0 Å². The molecule has 0 saturated heterocycles. The molecule has 3 rings (SSSR count). The lowest BCUT2D eigenvalue weighted by Gasteiger charge is -2.11. The average Bonchev–Trinajstić information content (AvgIpc) is 2.83. The molecule has 0 bridgehead atoms. The Morgan fingerprint density at radius 2 is 1.22 bits per heavy atom. The van der Waals surface area contributed by atoms with Crippen molar-refractivity contribution in [3.05, 3.63) is 88.5 Å². The normalized spacial score (nSPS) is 11.2. The second kappa shape index (κ2) is 11.8. The lowest BCUT2D eigenvalue weighted by Crippen LogP contribution is -1.96. The number of benzene rings is 3. The number of rotatable bonds is 10. The standard InChI is InChI=1S/C28H32N2O2/c1-4-29-26-14-8-21(9-15-26)6-12-23-19-28(32-3)24(18-25(23)20-31)13-7-22-10-16-27(17-11-22)30-5-2/h6-19,29-31H,4-5,20H2,1-3H3/b12-6+,13-7+. The van der Waals surface area contributed by atoms with E-state index in [2.05, 4.69) is 79.1 Å². The van der Waals surface area contributed by atoms with Crippen LogP contribution in [0.2, 0.25) is 0 Å². The molecule has 0 saturated carbocycles. The van der Waals surface area contributed by atoms with Crippen molar-refractivity contribution < 1.29 is 9.84 Å². The predicted molar refractivity (Wildman–Crippen MR) is 138 cm³/mol. The van der Waals surface area contributed by atoms with Gasteiger partial charge in [0.25, 0.3) is 0 Å². The molecule has 0 fully saturated rings. The lowest BCUT2D eigenvalue weighted by molar-refractivity contribution is 0.281. The van der Waals surface area contributed by atoms with Crippen LogP contribution >= 0.6 is 0 Å². The zero-order chi connectivity index (χ0) is 22.8. The molecule has 0 atom stereocenters. The first-order valence-electron chi connectivity index (χ1n) is 11.0. The van der Waals surface area contributed by atoms with Gasteiger partial charge in [0.15, 0.2) is 0 Å². The summed E-state index contributed by atoms with van der Waals surface area (Å²) in [5.74, 6) is 0.768. The molecule has 4 heteroatoms. The summed E-state index contributed by atoms with van der Waals surface area (Å²) in [6, 6.07) is 20.5. The van der Waals surface area contributed by atoms with E-state index >= 15 is 0 Å². The van der Waals surface area contributed by atoms with Gasteiger partial charge in [-0.3, -0.25) is 0 Å². The Bertz CT molecular complexity index is 965. The molecule has 0 radical (unpaired) electrons. The minimum absolute atomic E-state index is 0.0404. The molecule has 0 aromatic heterocycles. The summed E-state index contributed by atoms with van der Waals surface area (Å²) in [6.45, 7) is 5.92. The van der Waals surface area contributed by atoms with Crippen LogP contribution in [0.15, 0.2) is 60.7 Å². The Morgan fingerprint density at radius 3 is 1.66 bits per heavy atom. The maximum atomic E-state index is 9.95. The van der Waals surface area contributed by atoms with Gasteiger partial charge in [-0.1, -0.05) is 48.6 Å². The van der Waals surface area contributed by atoms with E-state index in [1.165, 1.54) is 0 Å². The van der Waals surface area contributed by atoms with E-state index in [9.17, 15) is 5.11 Å². The molecule has 166 valence electrons. The highest BCUT2D eigenvalue weighted by atomic mass is 16.5. The SMILES string of the molecule is CCNc1ccc(/C=C/c2cc(OC)c(/C=C/c3ccc(NCC)cc3)cc2CO)cc1. The predicted octanol–water partition coefficient (Wildman–Crippen LogP) is 6.39. The molecule has 0 heterocycles. The molecule has 0 aliphatic heterocycles. The maximum Gasteiger partial charge on any atom is 0.126 e. The minimum Gasteiger partial charge on any atom is -0.496 e. The monoisotopic (exact) mass is 428 g/mol. The smallest absolute Gasteiger partial charge is 0.126 e. The number of ether oxygens (including phenoxy) is 1. The summed E-state index contributed by atoms with van der Waals surface area (Å²) in [4.78, 5) is 0. The van der Waals surface area contributed by atoms with E-state index in [4.69, 9.17) is 4.74 Å². The number of hydrogen-bond acceptors (Lipinski definition) is 4. The quantitative estimate of drug-likeness (QED) is 0.327. The zero-order valence-electron chi connectivity index (χ0n) is 19.1. The molecule has 4 nitrogen and oxygen atoms in total. The van der Waals surface area contributed by atoms with E-state index in [0.717, 1.165) is 58.0 Å². The molecule has 32 heavy (non-hydrogen) atoms. The van der Waals surface area contributed by atoms with Gasteiger partial charge in [-0.15, -0.1) is 0 Å². The number of methoxy groups -OCH3 is 1. The summed E-state index contributed by atoms with van der Waals surface area (Å²) < 4.78 is 5.63. The first-order chi connectivity index (χ1) is 15.7. The maximum absolute atomic E-state index is 9.95. The van der Waals surface area contributed by atoms with Crippen LogP contribution in [0.25, 0.3) is 24.3 Å². The summed E-state index contributed by atoms with van der Waals surface area (Å²) >= 11 is 0. The van der Waals surface area contributed by atoms with Crippen LogP contribution in [-0.4, -0.2) is 25.3 Å². The molecule has 3 aromatic carbocycles. The number of anilines is 2. The number of aliphatic hydroxyl groups excluding tert-OH is 1. The van der Waals surface area contributed by atoms with Gasteiger partial charge in [-0.05, 0) is 72.5 Å². The second-order valence-electron chi connectivity index (χ2n) is 7.42.